The molecule has 0 saturated heterocycles. The fourth-order valence-corrected chi connectivity index (χ4v) is 2.76. The molecule has 0 bridgehead atoms. The molecule has 2 rings (SSSR count). The molecule has 2 heteroatoms. The van der Waals surface area contributed by atoms with Crippen molar-refractivity contribution >= 4 is 0 Å². The van der Waals surface area contributed by atoms with E-state index in [1.165, 1.54) is 22.3 Å². The maximum atomic E-state index is 5.97. The van der Waals surface area contributed by atoms with E-state index in [-0.39, 0.29) is 12.1 Å². The van der Waals surface area contributed by atoms with Crippen LogP contribution in [0.3, 0.4) is 0 Å². The zero-order chi connectivity index (χ0) is 15.4. The van der Waals surface area contributed by atoms with Gasteiger partial charge in [0.1, 0.15) is 5.75 Å². The molecule has 0 saturated carbocycles. The van der Waals surface area contributed by atoms with E-state index in [1.807, 2.05) is 19.2 Å². The second-order valence-corrected chi connectivity index (χ2v) is 5.85. The van der Waals surface area contributed by atoms with Gasteiger partial charge in [0.2, 0.25) is 0 Å². The van der Waals surface area contributed by atoms with E-state index in [1.54, 1.807) is 0 Å². The van der Waals surface area contributed by atoms with Crippen molar-refractivity contribution < 1.29 is 4.74 Å². The quantitative estimate of drug-likeness (QED) is 0.878. The van der Waals surface area contributed by atoms with Crippen LogP contribution in [0.2, 0.25) is 0 Å². The van der Waals surface area contributed by atoms with Crippen molar-refractivity contribution in [3.63, 3.8) is 0 Å². The number of hydrogen-bond donors (Lipinski definition) is 1. The lowest BCUT2D eigenvalue weighted by Gasteiger charge is -2.22. The molecule has 2 aromatic carbocycles. The molecule has 2 aromatic rings. The highest BCUT2D eigenvalue weighted by Gasteiger charge is 2.17. The van der Waals surface area contributed by atoms with Gasteiger partial charge in [-0.2, -0.15) is 0 Å². The summed E-state index contributed by atoms with van der Waals surface area (Å²) in [7, 11) is 1.99. The Morgan fingerprint density at radius 3 is 2.14 bits per heavy atom. The Labute approximate surface area is 128 Å². The van der Waals surface area contributed by atoms with E-state index >= 15 is 0 Å². The van der Waals surface area contributed by atoms with Crippen LogP contribution in [0, 0.1) is 13.8 Å². The fraction of sp³-hybridized carbons (Fsp3) is 0.368. The first-order chi connectivity index (χ1) is 10.0. The van der Waals surface area contributed by atoms with Gasteiger partial charge in [-0.25, -0.2) is 0 Å². The minimum Gasteiger partial charge on any atom is -0.491 e. The zero-order valence-corrected chi connectivity index (χ0v) is 13.6. The number of benzene rings is 2. The number of nitrogens with one attached hydrogen (secondary N) is 1. The third kappa shape index (κ3) is 3.85. The lowest BCUT2D eigenvalue weighted by Crippen LogP contribution is -2.20. The third-order valence-electron chi connectivity index (χ3n) is 3.46. The van der Waals surface area contributed by atoms with Crippen LogP contribution in [0.1, 0.15) is 42.1 Å². The third-order valence-corrected chi connectivity index (χ3v) is 3.46. The van der Waals surface area contributed by atoms with Crippen molar-refractivity contribution in [1.29, 1.82) is 0 Å². The highest BCUT2D eigenvalue weighted by molar-refractivity contribution is 5.43. The van der Waals surface area contributed by atoms with Gasteiger partial charge in [0, 0.05) is 5.56 Å². The predicted octanol–water partition coefficient (Wildman–Crippen LogP) is 4.40. The molecule has 0 radical (unpaired) electrons. The number of aryl methyl sites for hydroxylation is 2. The van der Waals surface area contributed by atoms with Crippen LogP contribution in [0.15, 0.2) is 42.5 Å². The molecule has 1 atom stereocenters. The number of para-hydroxylation sites is 1. The van der Waals surface area contributed by atoms with Crippen LogP contribution in [-0.2, 0) is 0 Å². The van der Waals surface area contributed by atoms with Crippen LogP contribution >= 0.6 is 0 Å². The summed E-state index contributed by atoms with van der Waals surface area (Å²) in [6.45, 7) is 8.39. The van der Waals surface area contributed by atoms with Crippen molar-refractivity contribution in [2.45, 2.75) is 39.8 Å². The van der Waals surface area contributed by atoms with Gasteiger partial charge in [0.05, 0.1) is 12.1 Å². The Balaban J connectivity index is 2.46. The summed E-state index contributed by atoms with van der Waals surface area (Å²) < 4.78 is 5.97. The molecule has 0 amide bonds. The molecule has 0 heterocycles. The van der Waals surface area contributed by atoms with Crippen molar-refractivity contribution in [2.75, 3.05) is 7.05 Å². The molecular weight excluding hydrogens is 258 g/mol. The van der Waals surface area contributed by atoms with Gasteiger partial charge >= 0.3 is 0 Å². The van der Waals surface area contributed by atoms with Gasteiger partial charge in [0.25, 0.3) is 0 Å². The second-order valence-electron chi connectivity index (χ2n) is 5.85. The average molecular weight is 283 g/mol. The van der Waals surface area contributed by atoms with Gasteiger partial charge < -0.3 is 10.1 Å². The minimum atomic E-state index is 0.138. The van der Waals surface area contributed by atoms with Crippen molar-refractivity contribution in [3.05, 3.63) is 64.7 Å². The maximum Gasteiger partial charge on any atom is 0.124 e. The van der Waals surface area contributed by atoms with Crippen LogP contribution in [0.4, 0.5) is 0 Å². The van der Waals surface area contributed by atoms with Gasteiger partial charge in [-0.05, 0) is 46.4 Å². The Morgan fingerprint density at radius 1 is 0.952 bits per heavy atom. The Kier molecular flexibility index (Phi) is 5.03. The SMILES string of the molecule is CNC(c1cc(C)cc(C)c1)c1ccccc1OC(C)C. The summed E-state index contributed by atoms with van der Waals surface area (Å²) in [4.78, 5) is 0. The summed E-state index contributed by atoms with van der Waals surface area (Å²) in [6, 6.07) is 15.1. The standard InChI is InChI=1S/C19H25NO/c1-13(2)21-18-9-7-6-8-17(18)19(20-5)16-11-14(3)10-15(4)12-16/h6-13,19-20H,1-5H3. The molecule has 0 fully saturated rings. The zero-order valence-electron chi connectivity index (χ0n) is 13.6. The van der Waals surface area contributed by atoms with Crippen LogP contribution in [0.5, 0.6) is 5.75 Å². The molecule has 2 nitrogen and oxygen atoms in total. The Bertz CT molecular complexity index is 584. The van der Waals surface area contributed by atoms with Crippen LogP contribution in [0.25, 0.3) is 0 Å². The topological polar surface area (TPSA) is 21.3 Å². The first-order valence-corrected chi connectivity index (χ1v) is 7.52. The number of hydrogen-bond acceptors (Lipinski definition) is 2. The average Bonchev–Trinajstić information content (AvgIpc) is 2.40. The van der Waals surface area contributed by atoms with E-state index in [0.717, 1.165) is 5.75 Å². The predicted molar refractivity (Wildman–Crippen MR) is 89.0 cm³/mol. The molecular formula is C19H25NO. The van der Waals surface area contributed by atoms with Crippen LogP contribution in [-0.4, -0.2) is 13.2 Å². The largest absolute Gasteiger partial charge is 0.491 e. The molecule has 0 aliphatic heterocycles. The summed E-state index contributed by atoms with van der Waals surface area (Å²) in [5.74, 6) is 0.950. The van der Waals surface area contributed by atoms with E-state index in [0.29, 0.717) is 0 Å². The van der Waals surface area contributed by atoms with Gasteiger partial charge in [0.15, 0.2) is 0 Å². The maximum absolute atomic E-state index is 5.97. The molecule has 112 valence electrons. The molecule has 1 N–H and O–H groups in total. The smallest absolute Gasteiger partial charge is 0.124 e. The second kappa shape index (κ2) is 6.77. The minimum absolute atomic E-state index is 0.138. The highest BCUT2D eigenvalue weighted by Crippen LogP contribution is 2.31. The summed E-state index contributed by atoms with van der Waals surface area (Å²) in [5.41, 5.74) is 5.02. The van der Waals surface area contributed by atoms with Crippen molar-refractivity contribution in [3.8, 4) is 5.75 Å². The van der Waals surface area contributed by atoms with E-state index < -0.39 is 0 Å². The molecule has 0 aliphatic rings. The Hall–Kier alpha value is -1.80. The highest BCUT2D eigenvalue weighted by atomic mass is 16.5. The van der Waals surface area contributed by atoms with Crippen molar-refractivity contribution in [2.24, 2.45) is 0 Å². The Morgan fingerprint density at radius 2 is 1.57 bits per heavy atom. The van der Waals surface area contributed by atoms with E-state index in [2.05, 4.69) is 63.3 Å². The number of ether oxygens (including phenoxy) is 1. The van der Waals surface area contributed by atoms with Crippen LogP contribution < -0.4 is 10.1 Å². The molecule has 1 unspecified atom stereocenters. The molecule has 0 aromatic heterocycles. The normalized spacial score (nSPS) is 12.5. The number of rotatable bonds is 5. The summed E-state index contributed by atoms with van der Waals surface area (Å²) >= 11 is 0. The van der Waals surface area contributed by atoms with Gasteiger partial charge in [-0.15, -0.1) is 0 Å². The van der Waals surface area contributed by atoms with E-state index in [9.17, 15) is 0 Å². The van der Waals surface area contributed by atoms with Gasteiger partial charge in [-0.3, -0.25) is 0 Å². The monoisotopic (exact) mass is 283 g/mol. The van der Waals surface area contributed by atoms with E-state index in [4.69, 9.17) is 4.74 Å². The molecule has 21 heavy (non-hydrogen) atoms. The lowest BCUT2D eigenvalue weighted by molar-refractivity contribution is 0.238. The summed E-state index contributed by atoms with van der Waals surface area (Å²) in [5, 5.41) is 3.42. The summed E-state index contributed by atoms with van der Waals surface area (Å²) in [6.07, 6.45) is 0.169. The molecule has 0 aliphatic carbocycles. The van der Waals surface area contributed by atoms with Gasteiger partial charge in [-0.1, -0.05) is 47.5 Å². The fourth-order valence-electron chi connectivity index (χ4n) is 2.76. The lowest BCUT2D eigenvalue weighted by atomic mass is 9.95. The first kappa shape index (κ1) is 15.6. The first-order valence-electron chi connectivity index (χ1n) is 7.52. The van der Waals surface area contributed by atoms with Crippen molar-refractivity contribution in [1.82, 2.24) is 5.32 Å². The molecule has 0 spiro atoms.